The van der Waals surface area contributed by atoms with Crippen molar-refractivity contribution in [1.82, 2.24) is 73.1 Å². The van der Waals surface area contributed by atoms with Gasteiger partial charge in [0, 0.05) is 22.1 Å². The van der Waals surface area contributed by atoms with E-state index in [1.54, 1.807) is 0 Å². The maximum Gasteiger partial charge on any atom is 0.0694 e. The zero-order valence-corrected chi connectivity index (χ0v) is 69.6. The summed E-state index contributed by atoms with van der Waals surface area (Å²) in [5.74, 6) is 0. The first kappa shape index (κ1) is 112. The van der Waals surface area contributed by atoms with E-state index in [1.807, 2.05) is 0 Å². The monoisotopic (exact) mass is 1590 g/mol. The summed E-state index contributed by atoms with van der Waals surface area (Å²) in [4.78, 5) is 18.7. The molecule has 5 rings (SSSR count). The van der Waals surface area contributed by atoms with Crippen LogP contribution in [0.15, 0.2) is 24.3 Å². The van der Waals surface area contributed by atoms with Gasteiger partial charge in [0.15, 0.2) is 0 Å². The molecule has 3 aromatic heterocycles. The minimum absolute atomic E-state index is 0. The number of nitrogens with one attached hydrogen (secondary N) is 12. The maximum absolute atomic E-state index is 5.49. The summed E-state index contributed by atoms with van der Waals surface area (Å²) < 4.78 is 0. The quantitative estimate of drug-likeness (QED) is 0.0241. The molecule has 0 spiro atoms. The molecule has 0 radical (unpaired) electrons. The van der Waals surface area contributed by atoms with Gasteiger partial charge in [0.05, 0.1) is 22.8 Å². The SMILES string of the molecule is CCNCCCCNCCCCNCCCCNCCCCNCCCC1=C(C)c2cc3[nH]c(cc4[nH]c(cc5nc(cc1n2)C(CCCNCCCCNCCCCNCCCCNCCCCNCC)=C5C)c(CC)c4C)c(CC)c3C.Cl.Cl.Cl.Cl.Cl.Cl.Cl.Cl.Cl.Cl.Cl.Cl. The highest BCUT2D eigenvalue weighted by Gasteiger charge is 2.22. The van der Waals surface area contributed by atoms with Crippen molar-refractivity contribution in [2.75, 3.05) is 131 Å². The molecule has 0 saturated heterocycles. The first-order valence-corrected chi connectivity index (χ1v) is 34.5. The number of halogens is 12. The summed E-state index contributed by atoms with van der Waals surface area (Å²) in [6.07, 6.45) is 25.9. The lowest BCUT2D eigenvalue weighted by Gasteiger charge is -2.09. The average Bonchev–Trinajstić information content (AvgIpc) is 1.63. The highest BCUT2D eigenvalue weighted by Crippen LogP contribution is 2.38. The number of hydrogen-bond donors (Lipinski definition) is 12. The topological polar surface area (TPSA) is 178 Å². The molecule has 2 aliphatic rings. The van der Waals surface area contributed by atoms with Crippen LogP contribution in [0.25, 0.3) is 44.4 Å². The molecule has 0 fully saturated rings. The predicted molar refractivity (Wildman–Crippen MR) is 454 cm³/mol. The molecule has 96 heavy (non-hydrogen) atoms. The Morgan fingerprint density at radius 3 is 0.729 bits per heavy atom. The molecule has 8 bridgehead atoms. The standard InChI is InChI=1S/C70H124N14.12ClH/c1-9-59-55(5)63-51-64-57(7)61(31-29-49-79-47-27-25-45-77-43-23-21-41-75-39-19-17-37-73-35-15-13-33-71-11-3)69(83-64)54-70-62(58(8)66(84-70)53-68-60(10-2)56(6)65(82-68)52-67(59)81-63)32-30-50-80-48-28-26-46-78-44-24-22-42-76-40-20-18-38-74-36-16-14-34-72-12-4;;;;;;;;;;;;/h51-54,71-82H,9-50H2,1-8H3;12*1H. The number of allylic oxidation sites excluding steroid dienone is 4. The Morgan fingerprint density at radius 2 is 0.479 bits per heavy atom. The van der Waals surface area contributed by atoms with Crippen molar-refractivity contribution >= 4 is 193 Å². The Hall–Kier alpha value is -0.320. The third kappa shape index (κ3) is 43.7. The molecule has 0 amide bonds. The fraction of sp³-hybridized carbons (Fsp3) is 0.714. The number of aromatic amines is 2. The molecule has 0 atom stereocenters. The molecule has 570 valence electrons. The Morgan fingerprint density at radius 1 is 0.260 bits per heavy atom. The Kier molecular flexibility index (Phi) is 83.3. The fourth-order valence-electron chi connectivity index (χ4n) is 11.9. The van der Waals surface area contributed by atoms with Crippen LogP contribution in [-0.2, 0) is 12.8 Å². The summed E-state index contributed by atoms with van der Waals surface area (Å²) in [7, 11) is 0. The molecule has 5 heterocycles. The Labute approximate surface area is 657 Å². The second-order valence-corrected chi connectivity index (χ2v) is 23.9. The van der Waals surface area contributed by atoms with Gasteiger partial charge >= 0.3 is 0 Å². The minimum atomic E-state index is 0. The normalized spacial score (nSPS) is 11.2. The molecule has 0 unspecified atom stereocenters. The number of rotatable bonds is 52. The molecule has 2 aliphatic heterocycles. The van der Waals surface area contributed by atoms with E-state index in [1.165, 1.54) is 164 Å². The third-order valence-corrected chi connectivity index (χ3v) is 17.2. The van der Waals surface area contributed by atoms with Crippen molar-refractivity contribution in [2.24, 2.45) is 0 Å². The van der Waals surface area contributed by atoms with Gasteiger partial charge in [-0.15, -0.1) is 149 Å². The molecular weight excluding hydrogens is 1460 g/mol. The number of nitrogens with zero attached hydrogens (tertiary/aromatic N) is 2. The van der Waals surface area contributed by atoms with E-state index in [0.717, 1.165) is 198 Å². The average molecular weight is 1600 g/mol. The minimum Gasteiger partial charge on any atom is -0.355 e. The second-order valence-electron chi connectivity index (χ2n) is 23.9. The van der Waals surface area contributed by atoms with Crippen LogP contribution in [0.5, 0.6) is 0 Å². The van der Waals surface area contributed by atoms with Crippen LogP contribution < -0.4 is 53.2 Å². The molecule has 12 N–H and O–H groups in total. The molecule has 14 nitrogen and oxygen atoms in total. The van der Waals surface area contributed by atoms with E-state index in [2.05, 4.69) is 143 Å². The van der Waals surface area contributed by atoms with E-state index in [0.29, 0.717) is 0 Å². The third-order valence-electron chi connectivity index (χ3n) is 17.2. The number of hydrogen-bond acceptors (Lipinski definition) is 12. The van der Waals surface area contributed by atoms with Crippen LogP contribution in [0.1, 0.15) is 215 Å². The fourth-order valence-corrected chi connectivity index (χ4v) is 11.9. The van der Waals surface area contributed by atoms with Crippen LogP contribution >= 0.6 is 149 Å². The van der Waals surface area contributed by atoms with E-state index < -0.39 is 0 Å². The predicted octanol–water partition coefficient (Wildman–Crippen LogP) is 16.7. The van der Waals surface area contributed by atoms with Crippen molar-refractivity contribution in [2.45, 2.75) is 197 Å². The van der Waals surface area contributed by atoms with E-state index in [4.69, 9.17) is 9.97 Å². The van der Waals surface area contributed by atoms with Crippen LogP contribution in [0.2, 0.25) is 0 Å². The number of H-pyrrole nitrogens is 2. The van der Waals surface area contributed by atoms with Crippen LogP contribution in [-0.4, -0.2) is 151 Å². The molecule has 3 aromatic rings. The summed E-state index contributed by atoms with van der Waals surface area (Å²) >= 11 is 0. The van der Waals surface area contributed by atoms with Gasteiger partial charge in [0.2, 0.25) is 0 Å². The number of unbranched alkanes of at least 4 members (excludes halogenated alkanes) is 8. The number of aromatic nitrogens is 4. The van der Waals surface area contributed by atoms with Crippen molar-refractivity contribution in [1.29, 1.82) is 0 Å². The van der Waals surface area contributed by atoms with Gasteiger partial charge in [-0.1, -0.05) is 27.7 Å². The summed E-state index contributed by atoms with van der Waals surface area (Å²) in [5, 5.41) is 36.2. The maximum atomic E-state index is 5.49. The Bertz CT molecular complexity index is 2520. The van der Waals surface area contributed by atoms with Gasteiger partial charge in [0.1, 0.15) is 0 Å². The van der Waals surface area contributed by atoms with Gasteiger partial charge in [-0.2, -0.15) is 0 Å². The zero-order valence-electron chi connectivity index (χ0n) is 59.8. The van der Waals surface area contributed by atoms with Gasteiger partial charge in [0.25, 0.3) is 0 Å². The molecule has 0 saturated carbocycles. The van der Waals surface area contributed by atoms with Crippen molar-refractivity contribution in [3.8, 4) is 0 Å². The van der Waals surface area contributed by atoms with Gasteiger partial charge in [-0.25, -0.2) is 9.97 Å². The van der Waals surface area contributed by atoms with E-state index in [-0.39, 0.29) is 149 Å². The van der Waals surface area contributed by atoms with E-state index in [9.17, 15) is 0 Å². The van der Waals surface area contributed by atoms with Crippen LogP contribution in [0, 0.1) is 13.8 Å². The largest absolute Gasteiger partial charge is 0.355 e. The van der Waals surface area contributed by atoms with Crippen LogP contribution in [0.3, 0.4) is 0 Å². The molecule has 26 heteroatoms. The Balaban J connectivity index is -0.00000108. The highest BCUT2D eigenvalue weighted by atomic mass is 35.5. The second kappa shape index (κ2) is 71.7. The molecule has 0 aromatic carbocycles. The van der Waals surface area contributed by atoms with Gasteiger partial charge < -0.3 is 63.1 Å². The molecular formula is C70H136Cl12N14. The van der Waals surface area contributed by atoms with Gasteiger partial charge in [-0.3, -0.25) is 0 Å². The first-order valence-electron chi connectivity index (χ1n) is 34.5. The summed E-state index contributed by atoms with van der Waals surface area (Å²) in [5.41, 5.74) is 19.5. The molecule has 0 aliphatic carbocycles. The van der Waals surface area contributed by atoms with E-state index >= 15 is 0 Å². The highest BCUT2D eigenvalue weighted by molar-refractivity contribution is 5.96. The van der Waals surface area contributed by atoms with Crippen molar-refractivity contribution in [3.63, 3.8) is 0 Å². The summed E-state index contributed by atoms with van der Waals surface area (Å²) in [6, 6.07) is 9.29. The first-order chi connectivity index (χ1) is 41.3. The summed E-state index contributed by atoms with van der Waals surface area (Å²) in [6.45, 7) is 40.1. The lowest BCUT2D eigenvalue weighted by molar-refractivity contribution is 0.536. The van der Waals surface area contributed by atoms with Crippen molar-refractivity contribution in [3.05, 3.63) is 69.3 Å². The number of fused-ring (bicyclic) bond motifs is 8. The van der Waals surface area contributed by atoms with Crippen LogP contribution in [0.4, 0.5) is 0 Å². The van der Waals surface area contributed by atoms with Crippen molar-refractivity contribution < 1.29 is 0 Å². The smallest absolute Gasteiger partial charge is 0.0694 e. The lowest BCUT2D eigenvalue weighted by Crippen LogP contribution is -2.23. The zero-order chi connectivity index (χ0) is 59.7. The van der Waals surface area contributed by atoms with Gasteiger partial charge in [-0.05, 0) is 369 Å². The lowest BCUT2D eigenvalue weighted by atomic mass is 9.98. The number of aryl methyl sites for hydroxylation is 4.